The van der Waals surface area contributed by atoms with Gasteiger partial charge in [-0.2, -0.15) is 0 Å². The fourth-order valence-corrected chi connectivity index (χ4v) is 4.67. The van der Waals surface area contributed by atoms with E-state index in [1.165, 1.54) is 11.0 Å². The second-order valence-corrected chi connectivity index (χ2v) is 10.9. The van der Waals surface area contributed by atoms with E-state index < -0.39 is 28.5 Å². The van der Waals surface area contributed by atoms with Gasteiger partial charge in [-0.15, -0.1) is 0 Å². The molecule has 1 unspecified atom stereocenters. The zero-order valence-corrected chi connectivity index (χ0v) is 21.7. The minimum Gasteiger partial charge on any atom is -0.486 e. The summed E-state index contributed by atoms with van der Waals surface area (Å²) < 4.78 is 37.5. The summed E-state index contributed by atoms with van der Waals surface area (Å²) in [6, 6.07) is 10.6. The van der Waals surface area contributed by atoms with E-state index in [0.717, 1.165) is 10.6 Å². The van der Waals surface area contributed by atoms with Crippen molar-refractivity contribution in [2.75, 3.05) is 30.3 Å². The molecule has 11 heteroatoms. The molecule has 0 saturated carbocycles. The molecule has 0 saturated heterocycles. The molecule has 1 N–H and O–H groups in total. The van der Waals surface area contributed by atoms with E-state index in [4.69, 9.17) is 21.1 Å². The number of anilines is 1. The molecule has 0 bridgehead atoms. The molecule has 1 aliphatic heterocycles. The Morgan fingerprint density at radius 1 is 1.06 bits per heavy atom. The molecule has 35 heavy (non-hydrogen) atoms. The third kappa shape index (κ3) is 7.02. The summed E-state index contributed by atoms with van der Waals surface area (Å²) in [6.45, 7) is 5.56. The first-order chi connectivity index (χ1) is 16.5. The van der Waals surface area contributed by atoms with Crippen LogP contribution in [0.15, 0.2) is 42.5 Å². The maximum atomic E-state index is 13.5. The molecule has 2 aromatic rings. The van der Waals surface area contributed by atoms with Crippen LogP contribution in [0.1, 0.15) is 26.3 Å². The number of hydrogen-bond acceptors (Lipinski definition) is 6. The Labute approximate surface area is 211 Å². The van der Waals surface area contributed by atoms with Crippen LogP contribution in [-0.4, -0.2) is 63.2 Å². The number of hydrogen-bond donors (Lipinski definition) is 1. The first kappa shape index (κ1) is 26.6. The van der Waals surface area contributed by atoms with Crippen molar-refractivity contribution in [3.05, 3.63) is 53.1 Å². The minimum atomic E-state index is -3.85. The molecular formula is C24H30ClN3O6S. The van der Waals surface area contributed by atoms with Gasteiger partial charge in [0.2, 0.25) is 21.8 Å². The lowest BCUT2D eigenvalue weighted by molar-refractivity contribution is -0.139. The molecule has 0 spiro atoms. The lowest BCUT2D eigenvalue weighted by Gasteiger charge is -2.32. The van der Waals surface area contributed by atoms with Gasteiger partial charge in [0.15, 0.2) is 11.5 Å². The fourth-order valence-electron chi connectivity index (χ4n) is 3.62. The second-order valence-electron chi connectivity index (χ2n) is 8.59. The molecule has 1 aliphatic rings. The highest BCUT2D eigenvalue weighted by atomic mass is 35.5. The van der Waals surface area contributed by atoms with Gasteiger partial charge in [0, 0.05) is 23.7 Å². The van der Waals surface area contributed by atoms with Crippen molar-refractivity contribution in [2.24, 2.45) is 0 Å². The molecule has 1 atom stereocenters. The fraction of sp³-hybridized carbons (Fsp3) is 0.417. The van der Waals surface area contributed by atoms with E-state index in [1.807, 2.05) is 13.8 Å². The van der Waals surface area contributed by atoms with Gasteiger partial charge < -0.3 is 19.7 Å². The van der Waals surface area contributed by atoms with Gasteiger partial charge in [0.25, 0.3) is 0 Å². The summed E-state index contributed by atoms with van der Waals surface area (Å²) in [5.74, 6) is 0.00830. The van der Waals surface area contributed by atoms with Gasteiger partial charge in [-0.1, -0.05) is 23.7 Å². The van der Waals surface area contributed by atoms with Crippen molar-refractivity contribution in [3.8, 4) is 11.5 Å². The predicted molar refractivity (Wildman–Crippen MR) is 134 cm³/mol. The SMILES string of the molecule is CC(C)NC(=O)C(C)N(Cc1cccc(Cl)c1)C(=O)CN(c1ccc2c(c1)OCCO2)S(C)(=O)=O. The number of carbonyl (C=O) groups is 2. The molecule has 2 aromatic carbocycles. The van der Waals surface area contributed by atoms with Crippen LogP contribution >= 0.6 is 11.6 Å². The summed E-state index contributed by atoms with van der Waals surface area (Å²) in [5.41, 5.74) is 0.965. The molecule has 0 aromatic heterocycles. The molecule has 1 heterocycles. The lowest BCUT2D eigenvalue weighted by atomic mass is 10.1. The number of halogens is 1. The number of benzene rings is 2. The maximum absolute atomic E-state index is 13.5. The highest BCUT2D eigenvalue weighted by Crippen LogP contribution is 2.34. The summed E-state index contributed by atoms with van der Waals surface area (Å²) in [7, 11) is -3.85. The number of amides is 2. The first-order valence-corrected chi connectivity index (χ1v) is 13.4. The minimum absolute atomic E-state index is 0.0742. The number of nitrogens with zero attached hydrogens (tertiary/aromatic N) is 2. The number of nitrogens with one attached hydrogen (secondary N) is 1. The van der Waals surface area contributed by atoms with Crippen LogP contribution in [0.3, 0.4) is 0 Å². The van der Waals surface area contributed by atoms with E-state index in [9.17, 15) is 18.0 Å². The number of carbonyl (C=O) groups excluding carboxylic acids is 2. The van der Waals surface area contributed by atoms with Gasteiger partial charge in [-0.05, 0) is 50.6 Å². The number of ether oxygens (including phenoxy) is 2. The maximum Gasteiger partial charge on any atom is 0.244 e. The third-order valence-corrected chi connectivity index (χ3v) is 6.71. The van der Waals surface area contributed by atoms with E-state index in [2.05, 4.69) is 5.32 Å². The van der Waals surface area contributed by atoms with Crippen LogP contribution in [0.5, 0.6) is 11.5 Å². The zero-order valence-electron chi connectivity index (χ0n) is 20.2. The Bertz CT molecular complexity index is 1190. The van der Waals surface area contributed by atoms with E-state index >= 15 is 0 Å². The molecule has 0 aliphatic carbocycles. The highest BCUT2D eigenvalue weighted by Gasteiger charge is 2.31. The van der Waals surface area contributed by atoms with Crippen LogP contribution in [-0.2, 0) is 26.2 Å². The standard InChI is InChI=1S/C24H30ClN3O6S/c1-16(2)26-24(30)17(3)27(14-18-6-5-7-19(25)12-18)23(29)15-28(35(4,31)32)20-8-9-21-22(13-20)34-11-10-33-21/h5-9,12-13,16-17H,10-11,14-15H2,1-4H3,(H,26,30). The van der Waals surface area contributed by atoms with Gasteiger partial charge in [0.05, 0.1) is 11.9 Å². The predicted octanol–water partition coefficient (Wildman–Crippen LogP) is 2.82. The van der Waals surface area contributed by atoms with Gasteiger partial charge in [0.1, 0.15) is 25.8 Å². The average Bonchev–Trinajstić information content (AvgIpc) is 2.79. The monoisotopic (exact) mass is 523 g/mol. The van der Waals surface area contributed by atoms with Crippen LogP contribution in [0.4, 0.5) is 5.69 Å². The van der Waals surface area contributed by atoms with Crippen molar-refractivity contribution in [1.29, 1.82) is 0 Å². The smallest absolute Gasteiger partial charge is 0.244 e. The summed E-state index contributed by atoms with van der Waals surface area (Å²) in [4.78, 5) is 27.7. The van der Waals surface area contributed by atoms with Crippen molar-refractivity contribution < 1.29 is 27.5 Å². The lowest BCUT2D eigenvalue weighted by Crippen LogP contribution is -2.52. The quantitative estimate of drug-likeness (QED) is 0.542. The number of sulfonamides is 1. The molecule has 190 valence electrons. The van der Waals surface area contributed by atoms with Crippen LogP contribution in [0.2, 0.25) is 5.02 Å². The van der Waals surface area contributed by atoms with Gasteiger partial charge in [-0.25, -0.2) is 8.42 Å². The molecule has 9 nitrogen and oxygen atoms in total. The van der Waals surface area contributed by atoms with Gasteiger partial charge in [-0.3, -0.25) is 13.9 Å². The molecule has 3 rings (SSSR count). The third-order valence-electron chi connectivity index (χ3n) is 5.33. The topological polar surface area (TPSA) is 105 Å². The molecular weight excluding hydrogens is 494 g/mol. The molecule has 0 radical (unpaired) electrons. The molecule has 2 amide bonds. The van der Waals surface area contributed by atoms with Crippen LogP contribution in [0.25, 0.3) is 0 Å². The Morgan fingerprint density at radius 3 is 2.37 bits per heavy atom. The summed E-state index contributed by atoms with van der Waals surface area (Å²) >= 11 is 6.11. The second kappa shape index (κ2) is 11.2. The normalized spacial score (nSPS) is 13.8. The summed E-state index contributed by atoms with van der Waals surface area (Å²) in [5, 5.41) is 3.29. The van der Waals surface area contributed by atoms with Crippen molar-refractivity contribution in [1.82, 2.24) is 10.2 Å². The highest BCUT2D eigenvalue weighted by molar-refractivity contribution is 7.92. The number of rotatable bonds is 9. The van der Waals surface area contributed by atoms with Crippen molar-refractivity contribution in [3.63, 3.8) is 0 Å². The largest absolute Gasteiger partial charge is 0.486 e. The first-order valence-electron chi connectivity index (χ1n) is 11.2. The average molecular weight is 524 g/mol. The van der Waals surface area contributed by atoms with Crippen LogP contribution in [0, 0.1) is 0 Å². The van der Waals surface area contributed by atoms with Crippen LogP contribution < -0.4 is 19.1 Å². The van der Waals surface area contributed by atoms with E-state index in [-0.39, 0.29) is 24.2 Å². The van der Waals surface area contributed by atoms with Crippen molar-refractivity contribution >= 4 is 39.1 Å². The Balaban J connectivity index is 1.92. The summed E-state index contributed by atoms with van der Waals surface area (Å²) in [6.07, 6.45) is 1.02. The Hall–Kier alpha value is -2.98. The zero-order chi connectivity index (χ0) is 25.8. The van der Waals surface area contributed by atoms with Gasteiger partial charge >= 0.3 is 0 Å². The Morgan fingerprint density at radius 2 is 1.74 bits per heavy atom. The van der Waals surface area contributed by atoms with E-state index in [0.29, 0.717) is 35.3 Å². The molecule has 0 fully saturated rings. The van der Waals surface area contributed by atoms with E-state index in [1.54, 1.807) is 43.3 Å². The Kier molecular flexibility index (Phi) is 8.50. The van der Waals surface area contributed by atoms with Crippen molar-refractivity contribution in [2.45, 2.75) is 39.4 Å². The number of fused-ring (bicyclic) bond motifs is 1.